The summed E-state index contributed by atoms with van der Waals surface area (Å²) >= 11 is 0. The molecule has 0 aliphatic heterocycles. The number of carbonyl (C=O) groups is 2. The van der Waals surface area contributed by atoms with Gasteiger partial charge in [0.25, 0.3) is 5.91 Å². The number of carbonyl (C=O) groups excluding carboxylic acids is 2. The fraction of sp³-hybridized carbons (Fsp3) is 0.600. The maximum absolute atomic E-state index is 12.7. The number of anilines is 1. The van der Waals surface area contributed by atoms with Crippen molar-refractivity contribution in [3.63, 3.8) is 0 Å². The quantitative estimate of drug-likeness (QED) is 0.732. The third-order valence-corrected chi connectivity index (χ3v) is 5.16. The Morgan fingerprint density at radius 2 is 1.85 bits per heavy atom. The van der Waals surface area contributed by atoms with Gasteiger partial charge in [-0.2, -0.15) is 0 Å². The van der Waals surface area contributed by atoms with Gasteiger partial charge in [0.2, 0.25) is 5.91 Å². The topological polar surface area (TPSA) is 72.9 Å². The largest absolute Gasteiger partial charge is 0.507 e. The summed E-state index contributed by atoms with van der Waals surface area (Å²) in [4.78, 5) is 28.2. The van der Waals surface area contributed by atoms with E-state index in [0.717, 1.165) is 6.54 Å². The van der Waals surface area contributed by atoms with Gasteiger partial charge in [0.1, 0.15) is 5.75 Å². The third kappa shape index (κ3) is 5.46. The highest BCUT2D eigenvalue weighted by atomic mass is 16.3. The van der Waals surface area contributed by atoms with Crippen LogP contribution in [0, 0.1) is 0 Å². The molecule has 1 fully saturated rings. The Labute approximate surface area is 156 Å². The summed E-state index contributed by atoms with van der Waals surface area (Å²) in [7, 11) is 3.86. The average Bonchev–Trinajstić information content (AvgIpc) is 2.67. The molecule has 1 aromatic carbocycles. The van der Waals surface area contributed by atoms with Crippen LogP contribution in [-0.2, 0) is 4.79 Å². The van der Waals surface area contributed by atoms with E-state index in [1.807, 2.05) is 0 Å². The van der Waals surface area contributed by atoms with Gasteiger partial charge in [0.05, 0.1) is 5.56 Å². The molecular weight excluding hydrogens is 330 g/mol. The van der Waals surface area contributed by atoms with Crippen LogP contribution in [0.15, 0.2) is 18.2 Å². The van der Waals surface area contributed by atoms with Crippen LogP contribution in [0.1, 0.15) is 55.8 Å². The molecule has 6 heteroatoms. The van der Waals surface area contributed by atoms with E-state index in [9.17, 15) is 14.7 Å². The minimum absolute atomic E-state index is 0.0722. The lowest BCUT2D eigenvalue weighted by Gasteiger charge is -2.32. The lowest BCUT2D eigenvalue weighted by atomic mass is 9.94. The van der Waals surface area contributed by atoms with E-state index in [0.29, 0.717) is 24.7 Å². The predicted octanol–water partition coefficient (Wildman–Crippen LogP) is 3.08. The van der Waals surface area contributed by atoms with Crippen molar-refractivity contribution in [2.45, 2.75) is 51.5 Å². The highest BCUT2D eigenvalue weighted by molar-refractivity contribution is 5.99. The van der Waals surface area contributed by atoms with E-state index in [2.05, 4.69) is 17.3 Å². The molecule has 0 aromatic heterocycles. The summed E-state index contributed by atoms with van der Waals surface area (Å²) in [5, 5.41) is 12.8. The minimum Gasteiger partial charge on any atom is -0.507 e. The molecule has 144 valence electrons. The highest BCUT2D eigenvalue weighted by Gasteiger charge is 2.20. The zero-order valence-corrected chi connectivity index (χ0v) is 16.1. The fourth-order valence-electron chi connectivity index (χ4n) is 3.35. The average molecular weight is 361 g/mol. The maximum Gasteiger partial charge on any atom is 0.257 e. The summed E-state index contributed by atoms with van der Waals surface area (Å²) in [6, 6.07) is 5.18. The second kappa shape index (κ2) is 9.57. The lowest BCUT2D eigenvalue weighted by Crippen LogP contribution is -2.40. The van der Waals surface area contributed by atoms with Gasteiger partial charge in [-0.05, 0) is 38.1 Å². The Hall–Kier alpha value is -2.08. The first-order chi connectivity index (χ1) is 12.4. The number of nitrogens with zero attached hydrogens (tertiary/aromatic N) is 2. The zero-order valence-electron chi connectivity index (χ0n) is 16.1. The summed E-state index contributed by atoms with van der Waals surface area (Å²) < 4.78 is 0. The Kier molecular flexibility index (Phi) is 7.45. The molecule has 0 unspecified atom stereocenters. The van der Waals surface area contributed by atoms with Gasteiger partial charge in [0.15, 0.2) is 0 Å². The van der Waals surface area contributed by atoms with Crippen LogP contribution >= 0.6 is 0 Å². The zero-order chi connectivity index (χ0) is 19.1. The lowest BCUT2D eigenvalue weighted by molar-refractivity contribution is -0.115. The van der Waals surface area contributed by atoms with Gasteiger partial charge < -0.3 is 20.2 Å². The Balaban J connectivity index is 1.96. The molecule has 0 radical (unpaired) electrons. The van der Waals surface area contributed by atoms with Crippen LogP contribution in [0.2, 0.25) is 0 Å². The first-order valence-corrected chi connectivity index (χ1v) is 9.51. The van der Waals surface area contributed by atoms with Gasteiger partial charge >= 0.3 is 0 Å². The monoisotopic (exact) mass is 361 g/mol. The summed E-state index contributed by atoms with van der Waals surface area (Å²) in [5.41, 5.74) is 0.729. The number of phenols is 1. The summed E-state index contributed by atoms with van der Waals surface area (Å²) in [6.07, 6.45) is 6.72. The van der Waals surface area contributed by atoms with Gasteiger partial charge in [-0.15, -0.1) is 0 Å². The van der Waals surface area contributed by atoms with Crippen molar-refractivity contribution in [2.75, 3.05) is 32.5 Å². The maximum atomic E-state index is 12.7. The molecule has 0 heterocycles. The van der Waals surface area contributed by atoms with Gasteiger partial charge in [-0.25, -0.2) is 0 Å². The molecule has 1 aromatic rings. The molecule has 1 saturated carbocycles. The van der Waals surface area contributed by atoms with Crippen LogP contribution < -0.4 is 5.32 Å². The standard InChI is InChI=1S/C20H31N3O3/c1-4-19(25)21-15-10-11-18(24)17(14-15)20(26)23(3)13-12-22(2)16-8-6-5-7-9-16/h10-11,14,16,24H,4-9,12-13H2,1-3H3,(H,21,25). The van der Waals surface area contributed by atoms with E-state index >= 15 is 0 Å². The third-order valence-electron chi connectivity index (χ3n) is 5.16. The van der Waals surface area contributed by atoms with E-state index in [1.54, 1.807) is 24.9 Å². The molecule has 6 nitrogen and oxygen atoms in total. The van der Waals surface area contributed by atoms with Crippen LogP contribution in [0.3, 0.4) is 0 Å². The first kappa shape index (κ1) is 20.2. The van der Waals surface area contributed by atoms with Gasteiger partial charge in [0, 0.05) is 38.3 Å². The predicted molar refractivity (Wildman–Crippen MR) is 103 cm³/mol. The van der Waals surface area contributed by atoms with E-state index < -0.39 is 0 Å². The van der Waals surface area contributed by atoms with E-state index in [4.69, 9.17) is 0 Å². The molecule has 0 spiro atoms. The SMILES string of the molecule is CCC(=O)Nc1ccc(O)c(C(=O)N(C)CCN(C)C2CCCCC2)c1. The van der Waals surface area contributed by atoms with Crippen LogP contribution in [0.4, 0.5) is 5.69 Å². The minimum atomic E-state index is -0.243. The van der Waals surface area contributed by atoms with Crippen molar-refractivity contribution < 1.29 is 14.7 Å². The number of likely N-dealkylation sites (N-methyl/N-ethyl adjacent to an activating group) is 2. The molecule has 0 bridgehead atoms. The van der Waals surface area contributed by atoms with E-state index in [1.165, 1.54) is 44.2 Å². The second-order valence-electron chi connectivity index (χ2n) is 7.13. The molecule has 0 atom stereocenters. The molecular formula is C20H31N3O3. The van der Waals surface area contributed by atoms with Crippen molar-refractivity contribution in [3.8, 4) is 5.75 Å². The van der Waals surface area contributed by atoms with Crippen molar-refractivity contribution >= 4 is 17.5 Å². The number of aromatic hydroxyl groups is 1. The summed E-state index contributed by atoms with van der Waals surface area (Å²) in [5.74, 6) is -0.444. The van der Waals surface area contributed by atoms with Crippen molar-refractivity contribution in [1.29, 1.82) is 0 Å². The molecule has 2 rings (SSSR count). The Bertz CT molecular complexity index is 627. The molecule has 1 aliphatic rings. The number of hydrogen-bond acceptors (Lipinski definition) is 4. The van der Waals surface area contributed by atoms with Crippen molar-refractivity contribution in [2.24, 2.45) is 0 Å². The van der Waals surface area contributed by atoms with Crippen molar-refractivity contribution in [3.05, 3.63) is 23.8 Å². The molecule has 26 heavy (non-hydrogen) atoms. The highest BCUT2D eigenvalue weighted by Crippen LogP contribution is 2.24. The smallest absolute Gasteiger partial charge is 0.257 e. The first-order valence-electron chi connectivity index (χ1n) is 9.51. The van der Waals surface area contributed by atoms with E-state index in [-0.39, 0.29) is 23.1 Å². The molecule has 0 saturated heterocycles. The fourth-order valence-corrected chi connectivity index (χ4v) is 3.35. The van der Waals surface area contributed by atoms with Gasteiger partial charge in [-0.3, -0.25) is 9.59 Å². The number of rotatable bonds is 7. The van der Waals surface area contributed by atoms with Crippen LogP contribution in [0.5, 0.6) is 5.75 Å². The number of amides is 2. The molecule has 2 amide bonds. The van der Waals surface area contributed by atoms with Crippen molar-refractivity contribution in [1.82, 2.24) is 9.80 Å². The second-order valence-corrected chi connectivity index (χ2v) is 7.13. The Morgan fingerprint density at radius 3 is 2.50 bits per heavy atom. The normalized spacial score (nSPS) is 15.1. The number of hydrogen-bond donors (Lipinski definition) is 2. The van der Waals surface area contributed by atoms with Crippen LogP contribution in [0.25, 0.3) is 0 Å². The summed E-state index contributed by atoms with van der Waals surface area (Å²) in [6.45, 7) is 3.16. The van der Waals surface area contributed by atoms with Crippen LogP contribution in [-0.4, -0.2) is 59.9 Å². The molecule has 2 N–H and O–H groups in total. The Morgan fingerprint density at radius 1 is 1.15 bits per heavy atom. The molecule has 1 aliphatic carbocycles. The van der Waals surface area contributed by atoms with Gasteiger partial charge in [-0.1, -0.05) is 26.2 Å². The number of nitrogens with one attached hydrogen (secondary N) is 1. The number of benzene rings is 1. The number of phenolic OH excluding ortho intramolecular Hbond substituents is 1.